The van der Waals surface area contributed by atoms with Crippen LogP contribution < -0.4 is 5.73 Å². The molecule has 0 fully saturated rings. The Morgan fingerprint density at radius 1 is 1.12 bits per heavy atom. The molecule has 0 radical (unpaired) electrons. The number of fused-ring (bicyclic) bond motifs is 1. The Morgan fingerprint density at radius 3 is 2.41 bits per heavy atom. The molecule has 0 aromatic heterocycles. The molecule has 2 aromatic rings. The third-order valence-electron chi connectivity index (χ3n) is 3.02. The van der Waals surface area contributed by atoms with Gasteiger partial charge in [-0.05, 0) is 35.2 Å². The fraction of sp³-hybridized carbons (Fsp3) is 0.286. The molecule has 0 aliphatic carbocycles. The van der Waals surface area contributed by atoms with Crippen LogP contribution in [0.15, 0.2) is 36.4 Å². The van der Waals surface area contributed by atoms with Gasteiger partial charge in [0, 0.05) is 12.6 Å². The topological polar surface area (TPSA) is 46.2 Å². The second kappa shape index (κ2) is 6.01. The van der Waals surface area contributed by atoms with Crippen LogP contribution in [-0.2, 0) is 0 Å². The number of hydrogen-bond donors (Lipinski definition) is 2. The van der Waals surface area contributed by atoms with E-state index in [-0.39, 0.29) is 25.1 Å². The van der Waals surface area contributed by atoms with E-state index in [4.69, 9.17) is 10.8 Å². The summed E-state index contributed by atoms with van der Waals surface area (Å²) in [4.78, 5) is 0. The summed E-state index contributed by atoms with van der Waals surface area (Å²) in [6, 6.07) is 12.3. The van der Waals surface area contributed by atoms with Crippen LogP contribution in [0.4, 0.5) is 0 Å². The lowest BCUT2D eigenvalue weighted by Crippen LogP contribution is -2.12. The van der Waals surface area contributed by atoms with E-state index in [0.29, 0.717) is 6.42 Å². The Morgan fingerprint density at radius 2 is 1.76 bits per heavy atom. The van der Waals surface area contributed by atoms with Crippen LogP contribution in [0.25, 0.3) is 10.8 Å². The van der Waals surface area contributed by atoms with Crippen molar-refractivity contribution in [1.82, 2.24) is 0 Å². The molecule has 0 saturated carbocycles. The highest BCUT2D eigenvalue weighted by Crippen LogP contribution is 2.27. The van der Waals surface area contributed by atoms with Crippen molar-refractivity contribution in [1.29, 1.82) is 0 Å². The number of aliphatic hydroxyl groups is 1. The van der Waals surface area contributed by atoms with Crippen LogP contribution in [0.1, 0.15) is 23.6 Å². The Labute approximate surface area is 108 Å². The minimum atomic E-state index is -0.0875. The van der Waals surface area contributed by atoms with Crippen molar-refractivity contribution in [2.45, 2.75) is 19.4 Å². The lowest BCUT2D eigenvalue weighted by molar-refractivity contribution is 0.277. The molecule has 3 N–H and O–H groups in total. The van der Waals surface area contributed by atoms with Gasteiger partial charge >= 0.3 is 0 Å². The Hall–Kier alpha value is -1.09. The van der Waals surface area contributed by atoms with Crippen LogP contribution in [0.3, 0.4) is 0 Å². The summed E-state index contributed by atoms with van der Waals surface area (Å²) in [6.45, 7) is 2.23. The van der Waals surface area contributed by atoms with Crippen molar-refractivity contribution in [2.75, 3.05) is 6.61 Å². The minimum Gasteiger partial charge on any atom is -0.396 e. The highest BCUT2D eigenvalue weighted by molar-refractivity contribution is 5.88. The molecule has 0 bridgehead atoms. The first-order valence-electron chi connectivity index (χ1n) is 5.58. The zero-order valence-electron chi connectivity index (χ0n) is 9.89. The fourth-order valence-corrected chi connectivity index (χ4v) is 2.09. The Balaban J connectivity index is 0.00000144. The maximum Gasteiger partial charge on any atom is 0.0449 e. The Bertz CT molecular complexity index is 499. The van der Waals surface area contributed by atoms with Gasteiger partial charge in [0.2, 0.25) is 0 Å². The van der Waals surface area contributed by atoms with E-state index in [1.165, 1.54) is 16.3 Å². The standard InChI is InChI=1S/C14H17NO.ClH/c1-10-6-7-13(14(15)8-9-16)12-5-3-2-4-11(10)12;/h2-7,14,16H,8-9,15H2,1H3;1H/t14-;/m1./s1. The summed E-state index contributed by atoms with van der Waals surface area (Å²) < 4.78 is 0. The summed E-state index contributed by atoms with van der Waals surface area (Å²) in [6.07, 6.45) is 0.604. The molecule has 92 valence electrons. The summed E-state index contributed by atoms with van der Waals surface area (Å²) in [5.41, 5.74) is 8.44. The normalized spacial score (nSPS) is 12.2. The van der Waals surface area contributed by atoms with Crippen LogP contribution in [0.5, 0.6) is 0 Å². The molecular formula is C14H18ClNO. The first kappa shape index (κ1) is 14.0. The van der Waals surface area contributed by atoms with Crippen LogP contribution in [0.2, 0.25) is 0 Å². The number of nitrogens with two attached hydrogens (primary N) is 1. The van der Waals surface area contributed by atoms with E-state index in [1.54, 1.807) is 0 Å². The molecule has 3 heteroatoms. The average Bonchev–Trinajstić information content (AvgIpc) is 2.30. The molecule has 2 nitrogen and oxygen atoms in total. The molecule has 0 aliphatic heterocycles. The van der Waals surface area contributed by atoms with Crippen molar-refractivity contribution < 1.29 is 5.11 Å². The molecule has 0 amide bonds. The smallest absolute Gasteiger partial charge is 0.0449 e. The van der Waals surface area contributed by atoms with Gasteiger partial charge in [-0.25, -0.2) is 0 Å². The van der Waals surface area contributed by atoms with Crippen molar-refractivity contribution in [3.63, 3.8) is 0 Å². The predicted molar refractivity (Wildman–Crippen MR) is 74.6 cm³/mol. The van der Waals surface area contributed by atoms with Crippen LogP contribution in [-0.4, -0.2) is 11.7 Å². The van der Waals surface area contributed by atoms with Gasteiger partial charge in [0.05, 0.1) is 0 Å². The molecule has 0 spiro atoms. The van der Waals surface area contributed by atoms with Crippen LogP contribution >= 0.6 is 12.4 Å². The van der Waals surface area contributed by atoms with E-state index in [2.05, 4.69) is 31.2 Å². The van der Waals surface area contributed by atoms with E-state index in [1.807, 2.05) is 12.1 Å². The summed E-state index contributed by atoms with van der Waals surface area (Å²) in [5, 5.41) is 11.4. The number of hydrogen-bond acceptors (Lipinski definition) is 2. The monoisotopic (exact) mass is 251 g/mol. The highest BCUT2D eigenvalue weighted by atomic mass is 35.5. The van der Waals surface area contributed by atoms with Crippen molar-refractivity contribution in [3.8, 4) is 0 Å². The molecule has 0 unspecified atom stereocenters. The molecule has 0 heterocycles. The minimum absolute atomic E-state index is 0. The molecule has 0 aliphatic rings. The van der Waals surface area contributed by atoms with Gasteiger partial charge in [0.1, 0.15) is 0 Å². The maximum atomic E-state index is 8.94. The van der Waals surface area contributed by atoms with Gasteiger partial charge < -0.3 is 10.8 Å². The number of aryl methyl sites for hydroxylation is 1. The zero-order chi connectivity index (χ0) is 11.5. The van der Waals surface area contributed by atoms with Crippen LogP contribution in [0, 0.1) is 6.92 Å². The molecule has 2 rings (SSSR count). The molecule has 17 heavy (non-hydrogen) atoms. The third kappa shape index (κ3) is 2.78. The average molecular weight is 252 g/mol. The number of rotatable bonds is 3. The summed E-state index contributed by atoms with van der Waals surface area (Å²) in [5.74, 6) is 0. The van der Waals surface area contributed by atoms with Gasteiger partial charge in [0.15, 0.2) is 0 Å². The quantitative estimate of drug-likeness (QED) is 0.881. The second-order valence-corrected chi connectivity index (χ2v) is 4.14. The second-order valence-electron chi connectivity index (χ2n) is 4.14. The van der Waals surface area contributed by atoms with Gasteiger partial charge in [-0.3, -0.25) is 0 Å². The number of halogens is 1. The molecular weight excluding hydrogens is 234 g/mol. The van der Waals surface area contributed by atoms with E-state index < -0.39 is 0 Å². The van der Waals surface area contributed by atoms with Gasteiger partial charge in [-0.1, -0.05) is 36.4 Å². The van der Waals surface area contributed by atoms with Gasteiger partial charge in [-0.2, -0.15) is 0 Å². The number of aliphatic hydroxyl groups excluding tert-OH is 1. The summed E-state index contributed by atoms with van der Waals surface area (Å²) >= 11 is 0. The zero-order valence-corrected chi connectivity index (χ0v) is 10.7. The molecule has 1 atom stereocenters. The van der Waals surface area contributed by atoms with E-state index in [0.717, 1.165) is 5.56 Å². The number of benzene rings is 2. The SMILES string of the molecule is Cc1ccc([C@H](N)CCO)c2ccccc12.Cl. The fourth-order valence-electron chi connectivity index (χ4n) is 2.09. The van der Waals surface area contributed by atoms with Crippen molar-refractivity contribution >= 4 is 23.2 Å². The Kier molecular flexibility index (Phi) is 4.94. The van der Waals surface area contributed by atoms with E-state index >= 15 is 0 Å². The first-order chi connectivity index (χ1) is 7.74. The summed E-state index contributed by atoms with van der Waals surface area (Å²) in [7, 11) is 0. The lowest BCUT2D eigenvalue weighted by Gasteiger charge is -2.14. The molecule has 2 aromatic carbocycles. The third-order valence-corrected chi connectivity index (χ3v) is 3.02. The highest BCUT2D eigenvalue weighted by Gasteiger charge is 2.09. The van der Waals surface area contributed by atoms with Gasteiger partial charge in [-0.15, -0.1) is 12.4 Å². The molecule has 0 saturated heterocycles. The van der Waals surface area contributed by atoms with Crippen molar-refractivity contribution in [3.05, 3.63) is 47.5 Å². The lowest BCUT2D eigenvalue weighted by atomic mass is 9.95. The maximum absolute atomic E-state index is 8.94. The largest absolute Gasteiger partial charge is 0.396 e. The van der Waals surface area contributed by atoms with E-state index in [9.17, 15) is 0 Å². The van der Waals surface area contributed by atoms with Gasteiger partial charge in [0.25, 0.3) is 0 Å². The predicted octanol–water partition coefficient (Wildman–Crippen LogP) is 2.95. The van der Waals surface area contributed by atoms with Crippen molar-refractivity contribution in [2.24, 2.45) is 5.73 Å². The first-order valence-corrected chi connectivity index (χ1v) is 5.58.